The molecule has 0 unspecified atom stereocenters. The van der Waals surface area contributed by atoms with E-state index in [1.165, 1.54) is 86.6 Å². The van der Waals surface area contributed by atoms with E-state index in [1.807, 2.05) is 6.07 Å². The fourth-order valence-electron chi connectivity index (χ4n) is 7.85. The first-order valence-corrected chi connectivity index (χ1v) is 25.2. The highest BCUT2D eigenvalue weighted by atomic mass is 127. The van der Waals surface area contributed by atoms with Crippen molar-refractivity contribution in [2.45, 2.75) is 91.5 Å². The fraction of sp³-hybridized carbons (Fsp3) is 0.667. The molecule has 0 aliphatic heterocycles. The lowest BCUT2D eigenvalue weighted by molar-refractivity contribution is -0.941. The number of ether oxygens (including phenoxy) is 4. The van der Waals surface area contributed by atoms with Crippen LogP contribution < -0.4 is 45.8 Å². The number of nitrogens with zero attached hydrogens (tertiary/aromatic N) is 3. The molecule has 400 valence electrons. The van der Waals surface area contributed by atoms with Crippen LogP contribution in [0.15, 0.2) is 78.9 Å². The van der Waals surface area contributed by atoms with Crippen LogP contribution in [0.5, 0.6) is 0 Å². The van der Waals surface area contributed by atoms with Crippen molar-refractivity contribution in [1.82, 2.24) is 4.48 Å². The average molecular weight is 1110 g/mol. The second-order valence-corrected chi connectivity index (χ2v) is 17.6. The quantitative estimate of drug-likeness (QED) is 0.0271. The smallest absolute Gasteiger partial charge is 0.132 e. The second kappa shape index (κ2) is 47.0. The lowest BCUT2D eigenvalue weighted by atomic mass is 10.1. The molecule has 0 amide bonds. The molecular formula is C54H95ClIN3O10. The van der Waals surface area contributed by atoms with Crippen LogP contribution in [0.2, 0.25) is 0 Å². The van der Waals surface area contributed by atoms with Gasteiger partial charge in [-0.05, 0) is 51.0 Å². The van der Waals surface area contributed by atoms with Gasteiger partial charge in [0, 0.05) is 24.3 Å². The highest BCUT2D eigenvalue weighted by Gasteiger charge is 2.27. The summed E-state index contributed by atoms with van der Waals surface area (Å²) in [7, 11) is 2.15. The molecule has 15 heteroatoms. The van der Waals surface area contributed by atoms with Gasteiger partial charge in [-0.3, -0.25) is 4.48 Å². The zero-order valence-electron chi connectivity index (χ0n) is 43.0. The Balaban J connectivity index is 0. The summed E-state index contributed by atoms with van der Waals surface area (Å²) in [6.07, 6.45) is 13.4. The van der Waals surface area contributed by atoms with Gasteiger partial charge >= 0.3 is 0 Å². The van der Waals surface area contributed by atoms with Gasteiger partial charge in [-0.1, -0.05) is 124 Å². The van der Waals surface area contributed by atoms with Crippen molar-refractivity contribution < 1.29 is 90.5 Å². The Hall–Kier alpha value is -2.00. The van der Waals surface area contributed by atoms with Crippen LogP contribution in [0, 0.1) is 13.8 Å². The van der Waals surface area contributed by atoms with Crippen LogP contribution in [-0.4, -0.2) is 180 Å². The predicted molar refractivity (Wildman–Crippen MR) is 275 cm³/mol. The van der Waals surface area contributed by atoms with E-state index in [0.717, 1.165) is 62.5 Å². The molecule has 3 rings (SSSR count). The van der Waals surface area contributed by atoms with Crippen LogP contribution in [0.25, 0.3) is 0 Å². The molecule has 0 radical (unpaired) electrons. The van der Waals surface area contributed by atoms with Crippen LogP contribution in [0.4, 0.5) is 11.4 Å². The Kier molecular flexibility index (Phi) is 47.1. The molecule has 0 saturated carbocycles. The SMILES string of the molecule is CCCCCCCCCCCC[N+](CCO)(CCO)Cc1ccccc1.Cc1ccc(N(CCOCCO)CCOCCO)cc1.Cc1ccc([N+](C)(CCOCCO)CCOCCO)cc1.[Cl-].[I-]. The summed E-state index contributed by atoms with van der Waals surface area (Å²) < 4.78 is 22.9. The summed E-state index contributed by atoms with van der Waals surface area (Å²) in [6.45, 7) is 17.2. The topological polar surface area (TPSA) is 162 Å². The van der Waals surface area contributed by atoms with E-state index in [2.05, 4.69) is 106 Å². The minimum absolute atomic E-state index is 0. The molecular weight excluding hydrogens is 1010 g/mol. The van der Waals surface area contributed by atoms with E-state index < -0.39 is 0 Å². The van der Waals surface area contributed by atoms with Gasteiger partial charge in [-0.2, -0.15) is 0 Å². The maximum absolute atomic E-state index is 9.57. The first-order valence-electron chi connectivity index (χ1n) is 25.2. The van der Waals surface area contributed by atoms with E-state index in [0.29, 0.717) is 57.3 Å². The number of likely N-dealkylation sites (N-methyl/N-ethyl adjacent to an activating group) is 1. The molecule has 3 aromatic carbocycles. The number of hydrogen-bond acceptors (Lipinski definition) is 11. The summed E-state index contributed by atoms with van der Waals surface area (Å²) in [5.74, 6) is 0. The summed E-state index contributed by atoms with van der Waals surface area (Å²) in [4.78, 5) is 2.17. The molecule has 13 nitrogen and oxygen atoms in total. The number of benzene rings is 3. The molecule has 0 aliphatic carbocycles. The Labute approximate surface area is 441 Å². The number of unbranched alkanes of at least 4 members (excludes halogenated alkanes) is 9. The monoisotopic (exact) mass is 1110 g/mol. The standard InChI is InChI=1S/C23H42NO2.C16H28NO4.C15H25NO4.ClH.HI/c1-2-3-4-5-6-7-8-9-10-14-17-24(18-20-25,19-21-26)22-23-15-12-11-13-16-23;1-15-3-5-16(6-4-15)17(2,7-11-20-13-9-18)8-12-21-14-10-19;1-14-2-4-15(5-3-14)16(6-10-19-12-8-17)7-11-20-13-9-18;;/h11-13,15-16,25-26H,2-10,14,17-22H2,1H3;3-6,18-19H,7-14H2,1-2H3;2-5,17-18H,6-13H2,1H3;2*1H/q2*+1;;;/p-2. The number of anilines is 1. The van der Waals surface area contributed by atoms with Crippen LogP contribution >= 0.6 is 0 Å². The predicted octanol–water partition coefficient (Wildman–Crippen LogP) is 0.686. The summed E-state index contributed by atoms with van der Waals surface area (Å²) in [5, 5.41) is 54.1. The van der Waals surface area contributed by atoms with E-state index in [4.69, 9.17) is 39.4 Å². The highest BCUT2D eigenvalue weighted by Crippen LogP contribution is 2.22. The van der Waals surface area contributed by atoms with Crippen molar-refractivity contribution in [3.05, 3.63) is 95.6 Å². The zero-order chi connectivity index (χ0) is 49.1. The van der Waals surface area contributed by atoms with Gasteiger partial charge in [0.1, 0.15) is 38.4 Å². The van der Waals surface area contributed by atoms with Crippen LogP contribution in [0.1, 0.15) is 87.8 Å². The van der Waals surface area contributed by atoms with E-state index >= 15 is 0 Å². The van der Waals surface area contributed by atoms with Gasteiger partial charge < -0.3 is 95.4 Å². The lowest BCUT2D eigenvalue weighted by Crippen LogP contribution is -3.00. The Morgan fingerprint density at radius 3 is 1.28 bits per heavy atom. The minimum Gasteiger partial charge on any atom is -1.00 e. The first-order chi connectivity index (χ1) is 32.7. The van der Waals surface area contributed by atoms with Crippen molar-refractivity contribution in [2.24, 2.45) is 0 Å². The maximum atomic E-state index is 9.57. The highest BCUT2D eigenvalue weighted by molar-refractivity contribution is 5.47. The Bertz CT molecular complexity index is 1490. The summed E-state index contributed by atoms with van der Waals surface area (Å²) in [5.41, 5.74) is 6.08. The van der Waals surface area contributed by atoms with Crippen molar-refractivity contribution in [3.8, 4) is 0 Å². The van der Waals surface area contributed by atoms with Crippen molar-refractivity contribution in [3.63, 3.8) is 0 Å². The third kappa shape index (κ3) is 34.9. The Morgan fingerprint density at radius 2 is 0.855 bits per heavy atom. The number of aliphatic hydroxyl groups excluding tert-OH is 6. The Morgan fingerprint density at radius 1 is 0.449 bits per heavy atom. The van der Waals surface area contributed by atoms with Gasteiger partial charge in [-0.25, -0.2) is 0 Å². The average Bonchev–Trinajstić information content (AvgIpc) is 3.33. The van der Waals surface area contributed by atoms with E-state index in [-0.39, 0.29) is 76.0 Å². The van der Waals surface area contributed by atoms with Gasteiger partial charge in [0.15, 0.2) is 0 Å². The third-order valence-corrected chi connectivity index (χ3v) is 12.0. The van der Waals surface area contributed by atoms with Crippen LogP contribution in [-0.2, 0) is 25.5 Å². The number of aryl methyl sites for hydroxylation is 2. The normalized spacial score (nSPS) is 11.2. The fourth-order valence-corrected chi connectivity index (χ4v) is 7.85. The number of rotatable bonds is 39. The largest absolute Gasteiger partial charge is 1.00 e. The molecule has 0 spiro atoms. The summed E-state index contributed by atoms with van der Waals surface area (Å²) >= 11 is 0. The number of hydrogen-bond donors (Lipinski definition) is 6. The minimum atomic E-state index is 0. The summed E-state index contributed by atoms with van der Waals surface area (Å²) in [6, 6.07) is 27.3. The van der Waals surface area contributed by atoms with Gasteiger partial charge in [0.2, 0.25) is 0 Å². The number of aliphatic hydroxyl groups is 6. The van der Waals surface area contributed by atoms with Gasteiger partial charge in [0.05, 0.1) is 106 Å². The molecule has 0 fully saturated rings. The molecule has 69 heavy (non-hydrogen) atoms. The zero-order valence-corrected chi connectivity index (χ0v) is 46.0. The molecule has 0 aromatic heterocycles. The van der Waals surface area contributed by atoms with Crippen molar-refractivity contribution in [2.75, 3.05) is 150 Å². The number of quaternary nitrogens is 2. The lowest BCUT2D eigenvalue weighted by Gasteiger charge is -2.38. The van der Waals surface area contributed by atoms with E-state index in [1.54, 1.807) is 0 Å². The third-order valence-electron chi connectivity index (χ3n) is 12.0. The van der Waals surface area contributed by atoms with Crippen molar-refractivity contribution in [1.29, 1.82) is 0 Å². The molecule has 0 heterocycles. The van der Waals surface area contributed by atoms with Crippen LogP contribution in [0.3, 0.4) is 0 Å². The molecule has 6 N–H and O–H groups in total. The van der Waals surface area contributed by atoms with Gasteiger partial charge in [0.25, 0.3) is 0 Å². The molecule has 0 aliphatic rings. The molecule has 0 bridgehead atoms. The maximum Gasteiger partial charge on any atom is 0.132 e. The second-order valence-electron chi connectivity index (χ2n) is 17.6. The van der Waals surface area contributed by atoms with E-state index in [9.17, 15) is 10.2 Å². The van der Waals surface area contributed by atoms with Gasteiger partial charge in [-0.15, -0.1) is 0 Å². The molecule has 0 atom stereocenters. The number of halogens is 2. The molecule has 3 aromatic rings. The van der Waals surface area contributed by atoms with Crippen molar-refractivity contribution >= 4 is 11.4 Å². The molecule has 0 saturated heterocycles. The first kappa shape index (κ1) is 69.1.